The van der Waals surface area contributed by atoms with Crippen LogP contribution >= 0.6 is 0 Å². The molecule has 0 aromatic rings. The van der Waals surface area contributed by atoms with Crippen LogP contribution in [0.25, 0.3) is 0 Å². The largest absolute Gasteiger partial charge is 0.478 e. The van der Waals surface area contributed by atoms with Gasteiger partial charge in [0, 0.05) is 0 Å². The summed E-state index contributed by atoms with van der Waals surface area (Å²) in [7, 11) is 0. The summed E-state index contributed by atoms with van der Waals surface area (Å²) in [6.45, 7) is 0. The van der Waals surface area contributed by atoms with Gasteiger partial charge in [0.05, 0.1) is 11.7 Å². The predicted octanol–water partition coefficient (Wildman–Crippen LogP) is 1.34. The maximum atomic E-state index is 10.7. The van der Waals surface area contributed by atoms with Crippen LogP contribution in [0.2, 0.25) is 0 Å². The van der Waals surface area contributed by atoms with Gasteiger partial charge in [-0.15, -0.1) is 0 Å². The average molecular weight is 194 g/mol. The van der Waals surface area contributed by atoms with Crippen molar-refractivity contribution < 1.29 is 15.0 Å². The van der Waals surface area contributed by atoms with Gasteiger partial charge in [0.25, 0.3) is 0 Å². The lowest BCUT2D eigenvalue weighted by Gasteiger charge is -2.32. The molecule has 3 unspecified atom stereocenters. The van der Waals surface area contributed by atoms with Gasteiger partial charge in [0.2, 0.25) is 0 Å². The first-order valence-corrected chi connectivity index (χ1v) is 4.98. The van der Waals surface area contributed by atoms with Gasteiger partial charge in [-0.3, -0.25) is 0 Å². The van der Waals surface area contributed by atoms with Crippen LogP contribution in [0.4, 0.5) is 0 Å². The zero-order valence-electron chi connectivity index (χ0n) is 7.89. The van der Waals surface area contributed by atoms with Crippen LogP contribution in [-0.4, -0.2) is 22.3 Å². The van der Waals surface area contributed by atoms with Crippen LogP contribution in [0, 0.1) is 11.8 Å². The van der Waals surface area contributed by atoms with Gasteiger partial charge >= 0.3 is 5.97 Å². The molecule has 0 aliphatic heterocycles. The minimum atomic E-state index is -0.856. The molecule has 1 fully saturated rings. The van der Waals surface area contributed by atoms with Crippen LogP contribution in [0.15, 0.2) is 23.8 Å². The molecule has 0 amide bonds. The fraction of sp³-hybridized carbons (Fsp3) is 0.545. The number of hydrogen-bond acceptors (Lipinski definition) is 2. The van der Waals surface area contributed by atoms with Crippen molar-refractivity contribution in [1.82, 2.24) is 0 Å². The monoisotopic (exact) mass is 194 g/mol. The first kappa shape index (κ1) is 9.46. The van der Waals surface area contributed by atoms with Crippen LogP contribution in [0.5, 0.6) is 0 Å². The van der Waals surface area contributed by atoms with E-state index < -0.39 is 5.97 Å². The first-order chi connectivity index (χ1) is 6.66. The molecule has 2 aliphatic carbocycles. The van der Waals surface area contributed by atoms with Crippen molar-refractivity contribution in [2.75, 3.05) is 0 Å². The summed E-state index contributed by atoms with van der Waals surface area (Å²) < 4.78 is 0. The van der Waals surface area contributed by atoms with E-state index in [1.54, 1.807) is 6.08 Å². The molecule has 76 valence electrons. The lowest BCUT2D eigenvalue weighted by Crippen LogP contribution is -2.27. The summed E-state index contributed by atoms with van der Waals surface area (Å²) in [5, 5.41) is 18.3. The van der Waals surface area contributed by atoms with Crippen molar-refractivity contribution in [3.8, 4) is 0 Å². The summed E-state index contributed by atoms with van der Waals surface area (Å²) in [5.74, 6) is -0.206. The summed E-state index contributed by atoms with van der Waals surface area (Å²) in [5.41, 5.74) is 0.391. The summed E-state index contributed by atoms with van der Waals surface area (Å²) in [6.07, 6.45) is 7.66. The van der Waals surface area contributed by atoms with E-state index in [2.05, 4.69) is 0 Å². The average Bonchev–Trinajstić information content (AvgIpc) is 2.16. The van der Waals surface area contributed by atoms with Crippen molar-refractivity contribution in [2.45, 2.75) is 25.4 Å². The number of allylic oxidation sites excluding steroid dienone is 2. The fourth-order valence-electron chi connectivity index (χ4n) is 2.29. The molecule has 0 aromatic heterocycles. The number of aliphatic hydroxyl groups excluding tert-OH is 1. The molecule has 0 heterocycles. The molecule has 3 nitrogen and oxygen atoms in total. The van der Waals surface area contributed by atoms with Gasteiger partial charge in [0.15, 0.2) is 0 Å². The molecule has 2 rings (SSSR count). The molecule has 2 aliphatic rings. The third kappa shape index (κ3) is 1.73. The van der Waals surface area contributed by atoms with Gasteiger partial charge in [0.1, 0.15) is 0 Å². The number of aliphatic carboxylic acids is 1. The molecular weight excluding hydrogens is 180 g/mol. The minimum absolute atomic E-state index is 0.208. The van der Waals surface area contributed by atoms with Gasteiger partial charge in [-0.1, -0.05) is 18.2 Å². The highest BCUT2D eigenvalue weighted by atomic mass is 16.4. The van der Waals surface area contributed by atoms with E-state index in [-0.39, 0.29) is 6.10 Å². The van der Waals surface area contributed by atoms with E-state index in [1.807, 2.05) is 12.2 Å². The highest BCUT2D eigenvalue weighted by molar-refractivity contribution is 5.90. The number of carboxylic acids is 1. The van der Waals surface area contributed by atoms with E-state index >= 15 is 0 Å². The van der Waals surface area contributed by atoms with Crippen LogP contribution in [0.1, 0.15) is 19.3 Å². The highest BCUT2D eigenvalue weighted by Gasteiger charge is 2.29. The van der Waals surface area contributed by atoms with E-state index in [0.29, 0.717) is 17.4 Å². The van der Waals surface area contributed by atoms with E-state index in [4.69, 9.17) is 5.11 Å². The second-order valence-electron chi connectivity index (χ2n) is 4.08. The second-order valence-corrected chi connectivity index (χ2v) is 4.08. The maximum Gasteiger partial charge on any atom is 0.335 e. The first-order valence-electron chi connectivity index (χ1n) is 4.98. The molecule has 2 N–H and O–H groups in total. The van der Waals surface area contributed by atoms with Gasteiger partial charge < -0.3 is 10.2 Å². The SMILES string of the molecule is O=C(O)C1=CC2CCC(O)CC2C=C1. The van der Waals surface area contributed by atoms with Crippen LogP contribution in [0.3, 0.4) is 0 Å². The topological polar surface area (TPSA) is 57.5 Å². The molecule has 14 heavy (non-hydrogen) atoms. The van der Waals surface area contributed by atoms with Crippen molar-refractivity contribution in [2.24, 2.45) is 11.8 Å². The summed E-state index contributed by atoms with van der Waals surface area (Å²) in [4.78, 5) is 10.7. The molecule has 3 heteroatoms. The number of aliphatic hydroxyl groups is 1. The van der Waals surface area contributed by atoms with Crippen molar-refractivity contribution in [1.29, 1.82) is 0 Å². The Bertz CT molecular complexity index is 304. The maximum absolute atomic E-state index is 10.7. The molecule has 0 saturated heterocycles. The molecule has 0 aromatic carbocycles. The Balaban J connectivity index is 2.13. The molecule has 1 saturated carbocycles. The number of carboxylic acid groups (broad SMARTS) is 1. The minimum Gasteiger partial charge on any atom is -0.478 e. The summed E-state index contributed by atoms with van der Waals surface area (Å²) >= 11 is 0. The third-order valence-corrected chi connectivity index (χ3v) is 3.09. The third-order valence-electron chi connectivity index (χ3n) is 3.09. The zero-order chi connectivity index (χ0) is 10.1. The molecular formula is C11H14O3. The van der Waals surface area contributed by atoms with Gasteiger partial charge in [-0.2, -0.15) is 0 Å². The van der Waals surface area contributed by atoms with Crippen LogP contribution < -0.4 is 0 Å². The number of carbonyl (C=O) groups is 1. The summed E-state index contributed by atoms with van der Waals surface area (Å²) in [6, 6.07) is 0. The van der Waals surface area contributed by atoms with E-state index in [0.717, 1.165) is 19.3 Å². The quantitative estimate of drug-likeness (QED) is 0.662. The smallest absolute Gasteiger partial charge is 0.335 e. The molecule has 0 radical (unpaired) electrons. The Morgan fingerprint density at radius 3 is 2.86 bits per heavy atom. The fourth-order valence-corrected chi connectivity index (χ4v) is 2.29. The number of hydrogen-bond donors (Lipinski definition) is 2. The Hall–Kier alpha value is -1.09. The lowest BCUT2D eigenvalue weighted by atomic mass is 9.74. The van der Waals surface area contributed by atoms with Gasteiger partial charge in [-0.05, 0) is 31.1 Å². The Morgan fingerprint density at radius 2 is 2.14 bits per heavy atom. The number of fused-ring (bicyclic) bond motifs is 1. The Labute approximate surface area is 82.7 Å². The number of rotatable bonds is 1. The Kier molecular flexibility index (Phi) is 2.42. The molecule has 0 bridgehead atoms. The molecule has 0 spiro atoms. The van der Waals surface area contributed by atoms with Crippen molar-refractivity contribution in [3.05, 3.63) is 23.8 Å². The van der Waals surface area contributed by atoms with E-state index in [9.17, 15) is 9.90 Å². The highest BCUT2D eigenvalue weighted by Crippen LogP contribution is 2.35. The Morgan fingerprint density at radius 1 is 1.36 bits per heavy atom. The standard InChI is InChI=1S/C11H14O3/c12-10-4-3-7-5-9(11(13)14)2-1-8(7)6-10/h1-2,5,7-8,10,12H,3-4,6H2,(H,13,14). The van der Waals surface area contributed by atoms with Crippen molar-refractivity contribution in [3.63, 3.8) is 0 Å². The molecule has 3 atom stereocenters. The van der Waals surface area contributed by atoms with Gasteiger partial charge in [-0.25, -0.2) is 4.79 Å². The zero-order valence-corrected chi connectivity index (χ0v) is 7.89. The second kappa shape index (κ2) is 3.58. The lowest BCUT2D eigenvalue weighted by molar-refractivity contribution is -0.132. The predicted molar refractivity (Wildman–Crippen MR) is 51.7 cm³/mol. The van der Waals surface area contributed by atoms with Crippen molar-refractivity contribution >= 4 is 5.97 Å². The van der Waals surface area contributed by atoms with E-state index in [1.165, 1.54) is 0 Å². The van der Waals surface area contributed by atoms with Crippen LogP contribution in [-0.2, 0) is 4.79 Å². The normalized spacial score (nSPS) is 36.1.